The second kappa shape index (κ2) is 6.78. The molecule has 104 valence electrons. The summed E-state index contributed by atoms with van der Waals surface area (Å²) in [6, 6.07) is 5.72. The predicted molar refractivity (Wildman–Crippen MR) is 75.2 cm³/mol. The summed E-state index contributed by atoms with van der Waals surface area (Å²) in [5, 5.41) is 16.2. The molecule has 0 bridgehead atoms. The zero-order chi connectivity index (χ0) is 13.7. The number of phenolic OH excluding ortho intramolecular Hbond substituents is 1. The SMILES string of the molecule is O=C(CCCNCc1cccc(Cl)c1O)NC1CC1. The minimum atomic E-state index is 0.128. The number of benzene rings is 1. The van der Waals surface area contributed by atoms with Gasteiger partial charge in [0.1, 0.15) is 5.75 Å². The molecule has 0 heterocycles. The van der Waals surface area contributed by atoms with E-state index in [-0.39, 0.29) is 11.7 Å². The summed E-state index contributed by atoms with van der Waals surface area (Å²) in [5.74, 6) is 0.262. The third kappa shape index (κ3) is 4.73. The van der Waals surface area contributed by atoms with Gasteiger partial charge in [-0.3, -0.25) is 4.79 Å². The molecule has 0 spiro atoms. The quantitative estimate of drug-likeness (QED) is 0.672. The lowest BCUT2D eigenvalue weighted by atomic mass is 10.2. The molecule has 1 aromatic carbocycles. The molecule has 1 amide bonds. The molecule has 19 heavy (non-hydrogen) atoms. The van der Waals surface area contributed by atoms with Crippen LogP contribution in [0.4, 0.5) is 0 Å². The minimum absolute atomic E-state index is 0.128. The highest BCUT2D eigenvalue weighted by Crippen LogP contribution is 2.26. The summed E-state index contributed by atoms with van der Waals surface area (Å²) in [7, 11) is 0. The number of halogens is 1. The summed E-state index contributed by atoms with van der Waals surface area (Å²) >= 11 is 5.82. The summed E-state index contributed by atoms with van der Waals surface area (Å²) in [6.07, 6.45) is 3.58. The van der Waals surface area contributed by atoms with E-state index < -0.39 is 0 Å². The van der Waals surface area contributed by atoms with E-state index in [1.54, 1.807) is 6.07 Å². The number of amides is 1. The van der Waals surface area contributed by atoms with Crippen molar-refractivity contribution in [3.05, 3.63) is 28.8 Å². The first kappa shape index (κ1) is 14.2. The average Bonchev–Trinajstić information content (AvgIpc) is 3.18. The normalized spacial score (nSPS) is 14.4. The molecule has 1 aromatic rings. The summed E-state index contributed by atoms with van der Waals surface area (Å²) < 4.78 is 0. The molecule has 0 radical (unpaired) electrons. The van der Waals surface area contributed by atoms with Crippen LogP contribution in [0.15, 0.2) is 18.2 Å². The van der Waals surface area contributed by atoms with Crippen molar-refractivity contribution in [2.24, 2.45) is 0 Å². The molecule has 4 nitrogen and oxygen atoms in total. The predicted octanol–water partition coefficient (Wildman–Crippen LogP) is 2.19. The van der Waals surface area contributed by atoms with Gasteiger partial charge in [0.15, 0.2) is 0 Å². The topological polar surface area (TPSA) is 61.4 Å². The second-order valence-electron chi connectivity index (χ2n) is 4.87. The molecule has 1 saturated carbocycles. The van der Waals surface area contributed by atoms with E-state index in [9.17, 15) is 9.90 Å². The molecule has 0 unspecified atom stereocenters. The molecule has 3 N–H and O–H groups in total. The van der Waals surface area contributed by atoms with Gasteiger partial charge in [0.2, 0.25) is 5.91 Å². The summed E-state index contributed by atoms with van der Waals surface area (Å²) in [6.45, 7) is 1.29. The maximum absolute atomic E-state index is 11.4. The van der Waals surface area contributed by atoms with Gasteiger partial charge in [0.25, 0.3) is 0 Å². The molecule has 1 fully saturated rings. The van der Waals surface area contributed by atoms with Crippen LogP contribution in [0.25, 0.3) is 0 Å². The van der Waals surface area contributed by atoms with Gasteiger partial charge >= 0.3 is 0 Å². The van der Waals surface area contributed by atoms with Gasteiger partial charge in [-0.25, -0.2) is 0 Å². The van der Waals surface area contributed by atoms with E-state index in [0.717, 1.165) is 31.4 Å². The number of rotatable bonds is 7. The fourth-order valence-electron chi connectivity index (χ4n) is 1.83. The Balaban J connectivity index is 1.60. The van der Waals surface area contributed by atoms with Gasteiger partial charge in [-0.1, -0.05) is 23.7 Å². The zero-order valence-electron chi connectivity index (χ0n) is 10.8. The first-order chi connectivity index (χ1) is 9.16. The van der Waals surface area contributed by atoms with Crippen molar-refractivity contribution in [2.45, 2.75) is 38.3 Å². The fourth-order valence-corrected chi connectivity index (χ4v) is 2.02. The van der Waals surface area contributed by atoms with Gasteiger partial charge in [0, 0.05) is 24.6 Å². The highest BCUT2D eigenvalue weighted by Gasteiger charge is 2.22. The largest absolute Gasteiger partial charge is 0.506 e. The highest BCUT2D eigenvalue weighted by atomic mass is 35.5. The van der Waals surface area contributed by atoms with E-state index in [4.69, 9.17) is 11.6 Å². The lowest BCUT2D eigenvalue weighted by Crippen LogP contribution is -2.26. The molecule has 5 heteroatoms. The second-order valence-corrected chi connectivity index (χ2v) is 5.28. The average molecular weight is 283 g/mol. The van der Waals surface area contributed by atoms with Crippen LogP contribution in [0, 0.1) is 0 Å². The van der Waals surface area contributed by atoms with E-state index >= 15 is 0 Å². The number of hydrogen-bond acceptors (Lipinski definition) is 3. The first-order valence-electron chi connectivity index (χ1n) is 6.63. The zero-order valence-corrected chi connectivity index (χ0v) is 11.5. The summed E-state index contributed by atoms with van der Waals surface area (Å²) in [5.41, 5.74) is 0.773. The van der Waals surface area contributed by atoms with Crippen LogP contribution in [0.3, 0.4) is 0 Å². The molecular weight excluding hydrogens is 264 g/mol. The Kier molecular flexibility index (Phi) is 5.05. The maximum atomic E-state index is 11.4. The van der Waals surface area contributed by atoms with Crippen molar-refractivity contribution >= 4 is 17.5 Å². The van der Waals surface area contributed by atoms with E-state index in [1.807, 2.05) is 12.1 Å². The van der Waals surface area contributed by atoms with Crippen molar-refractivity contribution in [3.8, 4) is 5.75 Å². The summed E-state index contributed by atoms with van der Waals surface area (Å²) in [4.78, 5) is 11.4. The lowest BCUT2D eigenvalue weighted by molar-refractivity contribution is -0.121. The van der Waals surface area contributed by atoms with Crippen molar-refractivity contribution in [2.75, 3.05) is 6.54 Å². The number of carbonyl (C=O) groups is 1. The Hall–Kier alpha value is -1.26. The molecule has 2 rings (SSSR count). The molecule has 0 saturated heterocycles. The van der Waals surface area contributed by atoms with Crippen LogP contribution in [0.1, 0.15) is 31.2 Å². The molecule has 0 atom stereocenters. The Labute approximate surface area is 118 Å². The minimum Gasteiger partial charge on any atom is -0.506 e. The van der Waals surface area contributed by atoms with E-state index in [2.05, 4.69) is 10.6 Å². The van der Waals surface area contributed by atoms with Crippen molar-refractivity contribution in [1.29, 1.82) is 0 Å². The lowest BCUT2D eigenvalue weighted by Gasteiger charge is -2.08. The maximum Gasteiger partial charge on any atom is 0.220 e. The van der Waals surface area contributed by atoms with Crippen LogP contribution >= 0.6 is 11.6 Å². The van der Waals surface area contributed by atoms with Crippen LogP contribution in [-0.4, -0.2) is 23.6 Å². The van der Waals surface area contributed by atoms with Crippen LogP contribution in [-0.2, 0) is 11.3 Å². The van der Waals surface area contributed by atoms with Gasteiger partial charge in [0.05, 0.1) is 5.02 Å². The monoisotopic (exact) mass is 282 g/mol. The fraction of sp³-hybridized carbons (Fsp3) is 0.500. The van der Waals surface area contributed by atoms with Gasteiger partial charge in [-0.15, -0.1) is 0 Å². The molecule has 0 aliphatic heterocycles. The number of para-hydroxylation sites is 1. The number of carbonyl (C=O) groups excluding carboxylic acids is 1. The molecular formula is C14H19ClN2O2. The van der Waals surface area contributed by atoms with Crippen LogP contribution < -0.4 is 10.6 Å². The van der Waals surface area contributed by atoms with Crippen molar-refractivity contribution < 1.29 is 9.90 Å². The highest BCUT2D eigenvalue weighted by molar-refractivity contribution is 6.32. The number of phenols is 1. The number of hydrogen-bond donors (Lipinski definition) is 3. The Morgan fingerprint density at radius 2 is 2.21 bits per heavy atom. The molecule has 1 aliphatic carbocycles. The first-order valence-corrected chi connectivity index (χ1v) is 7.01. The van der Waals surface area contributed by atoms with Gasteiger partial charge < -0.3 is 15.7 Å². The van der Waals surface area contributed by atoms with E-state index in [0.29, 0.717) is 24.0 Å². The third-order valence-electron chi connectivity index (χ3n) is 3.09. The molecule has 0 aromatic heterocycles. The Morgan fingerprint density at radius 3 is 2.95 bits per heavy atom. The third-order valence-corrected chi connectivity index (χ3v) is 3.39. The van der Waals surface area contributed by atoms with Gasteiger partial charge in [-0.2, -0.15) is 0 Å². The van der Waals surface area contributed by atoms with Crippen LogP contribution in [0.5, 0.6) is 5.75 Å². The number of nitrogens with one attached hydrogen (secondary N) is 2. The van der Waals surface area contributed by atoms with Crippen molar-refractivity contribution in [1.82, 2.24) is 10.6 Å². The Morgan fingerprint density at radius 1 is 1.42 bits per heavy atom. The van der Waals surface area contributed by atoms with E-state index in [1.165, 1.54) is 0 Å². The number of aromatic hydroxyl groups is 1. The standard InChI is InChI=1S/C14H19ClN2O2/c15-12-4-1-3-10(14(12)19)9-16-8-2-5-13(18)17-11-6-7-11/h1,3-4,11,16,19H,2,5-9H2,(H,17,18). The van der Waals surface area contributed by atoms with Gasteiger partial charge in [-0.05, 0) is 31.9 Å². The smallest absolute Gasteiger partial charge is 0.220 e. The van der Waals surface area contributed by atoms with Crippen molar-refractivity contribution in [3.63, 3.8) is 0 Å². The Bertz CT molecular complexity index is 447. The molecule has 1 aliphatic rings. The van der Waals surface area contributed by atoms with Crippen LogP contribution in [0.2, 0.25) is 5.02 Å².